The van der Waals surface area contributed by atoms with Crippen LogP contribution in [0.5, 0.6) is 0 Å². The zero-order valence-electron chi connectivity index (χ0n) is 5.35. The van der Waals surface area contributed by atoms with Gasteiger partial charge in [0.15, 0.2) is 0 Å². The summed E-state index contributed by atoms with van der Waals surface area (Å²) in [5.41, 5.74) is 0. The van der Waals surface area contributed by atoms with E-state index >= 15 is 0 Å². The van der Waals surface area contributed by atoms with Crippen molar-refractivity contribution >= 4 is 5.91 Å². The number of carbonyl (C=O) groups excluding carboxylic acids is 1. The highest BCUT2D eigenvalue weighted by Gasteiger charge is 2.13. The van der Waals surface area contributed by atoms with Crippen LogP contribution in [0.3, 0.4) is 0 Å². The lowest BCUT2D eigenvalue weighted by atomic mass is 10.2. The van der Waals surface area contributed by atoms with E-state index in [1.807, 2.05) is 0 Å². The van der Waals surface area contributed by atoms with Gasteiger partial charge in [-0.1, -0.05) is 0 Å². The van der Waals surface area contributed by atoms with Crippen LogP contribution in [0.15, 0.2) is 0 Å². The number of carbonyl (C=O) groups is 1. The second-order valence-corrected chi connectivity index (χ2v) is 2.41. The maximum Gasteiger partial charge on any atom is 0.312 e. The molecule has 1 unspecified atom stereocenters. The highest BCUT2D eigenvalue weighted by Crippen LogP contribution is 1.99. The van der Waals surface area contributed by atoms with Crippen LogP contribution in [-0.4, -0.2) is 12.5 Å². The Bertz CT molecular complexity index is 114. The second-order valence-electron chi connectivity index (χ2n) is 2.41. The molecule has 1 amide bonds. The molecule has 3 nitrogen and oxygen atoms in total. The van der Waals surface area contributed by atoms with E-state index in [0.717, 1.165) is 19.3 Å². The van der Waals surface area contributed by atoms with E-state index in [9.17, 15) is 10.0 Å². The van der Waals surface area contributed by atoms with Crippen molar-refractivity contribution in [2.75, 3.05) is 6.54 Å². The Morgan fingerprint density at radius 1 is 1.33 bits per heavy atom. The SMILES string of the molecule is O=C1CCCCC[NH+]1[O-]. The minimum absolute atomic E-state index is 0.160. The molecule has 3 heteroatoms. The average Bonchev–Trinajstić information content (AvgIpc) is 1.99. The second kappa shape index (κ2) is 2.94. The van der Waals surface area contributed by atoms with Crippen molar-refractivity contribution in [1.82, 2.24) is 0 Å². The van der Waals surface area contributed by atoms with Gasteiger partial charge in [0.25, 0.3) is 0 Å². The lowest BCUT2D eigenvalue weighted by molar-refractivity contribution is -0.764. The number of rotatable bonds is 0. The van der Waals surface area contributed by atoms with Crippen LogP contribution in [0.4, 0.5) is 0 Å². The Kier molecular flexibility index (Phi) is 2.19. The first kappa shape index (κ1) is 6.71. The minimum Gasteiger partial charge on any atom is -0.627 e. The van der Waals surface area contributed by atoms with Crippen LogP contribution in [-0.2, 0) is 4.79 Å². The summed E-state index contributed by atoms with van der Waals surface area (Å²) >= 11 is 0. The summed E-state index contributed by atoms with van der Waals surface area (Å²) in [7, 11) is 0. The van der Waals surface area contributed by atoms with E-state index in [-0.39, 0.29) is 11.0 Å². The maximum absolute atomic E-state index is 10.7. The van der Waals surface area contributed by atoms with Crippen LogP contribution in [0, 0.1) is 5.21 Å². The smallest absolute Gasteiger partial charge is 0.312 e. The highest BCUT2D eigenvalue weighted by atomic mass is 16.5. The molecule has 1 rings (SSSR count). The van der Waals surface area contributed by atoms with Crippen LogP contribution >= 0.6 is 0 Å². The molecule has 1 N–H and O–H groups in total. The van der Waals surface area contributed by atoms with E-state index in [4.69, 9.17) is 0 Å². The molecule has 9 heavy (non-hydrogen) atoms. The predicted molar refractivity (Wildman–Crippen MR) is 32.7 cm³/mol. The zero-order chi connectivity index (χ0) is 6.69. The topological polar surface area (TPSA) is 44.6 Å². The standard InChI is InChI=1S/C6H11NO2/c8-6-4-2-1-3-5-7(6)9/h7H,1-5H2. The summed E-state index contributed by atoms with van der Waals surface area (Å²) in [5, 5.41) is 10.5. The molecule has 0 aromatic heterocycles. The molecular weight excluding hydrogens is 118 g/mol. The van der Waals surface area contributed by atoms with Gasteiger partial charge in [0.2, 0.25) is 0 Å². The molecule has 0 aliphatic carbocycles. The molecule has 1 aliphatic rings. The number of hydroxylamine groups is 2. The van der Waals surface area contributed by atoms with Crippen molar-refractivity contribution in [3.05, 3.63) is 5.21 Å². The molecule has 1 fully saturated rings. The first-order valence-electron chi connectivity index (χ1n) is 3.37. The highest BCUT2D eigenvalue weighted by molar-refractivity contribution is 5.66. The van der Waals surface area contributed by atoms with Gasteiger partial charge in [-0.25, -0.2) is 4.79 Å². The summed E-state index contributed by atoms with van der Waals surface area (Å²) in [5.74, 6) is -0.160. The molecular formula is C6H11NO2. The Hall–Kier alpha value is -0.410. The Morgan fingerprint density at radius 3 is 2.89 bits per heavy atom. The minimum atomic E-state index is -0.160. The van der Waals surface area contributed by atoms with Crippen molar-refractivity contribution in [3.63, 3.8) is 0 Å². The van der Waals surface area contributed by atoms with E-state index in [2.05, 4.69) is 0 Å². The summed E-state index contributed by atoms with van der Waals surface area (Å²) in [6, 6.07) is 0. The molecule has 1 atom stereocenters. The van der Waals surface area contributed by atoms with E-state index in [1.165, 1.54) is 0 Å². The molecule has 52 valence electrons. The number of amides is 1. The van der Waals surface area contributed by atoms with Crippen LogP contribution in [0.25, 0.3) is 0 Å². The molecule has 0 bridgehead atoms. The van der Waals surface area contributed by atoms with Gasteiger partial charge < -0.3 is 10.3 Å². The number of nitrogens with one attached hydrogen (secondary N) is 1. The number of hydrogen-bond acceptors (Lipinski definition) is 2. The molecule has 0 spiro atoms. The van der Waals surface area contributed by atoms with Gasteiger partial charge in [-0.3, -0.25) is 0 Å². The van der Waals surface area contributed by atoms with Gasteiger partial charge in [-0.05, 0) is 19.3 Å². The summed E-state index contributed by atoms with van der Waals surface area (Å²) in [6.07, 6.45) is 3.34. The molecule has 0 saturated carbocycles. The van der Waals surface area contributed by atoms with Crippen molar-refractivity contribution < 1.29 is 9.86 Å². The first-order valence-corrected chi connectivity index (χ1v) is 3.37. The van der Waals surface area contributed by atoms with Crippen LogP contribution < -0.4 is 5.06 Å². The fraction of sp³-hybridized carbons (Fsp3) is 0.833. The number of hydrogen-bond donors (Lipinski definition) is 1. The third-order valence-electron chi connectivity index (χ3n) is 1.62. The summed E-state index contributed by atoms with van der Waals surface area (Å²) in [6.45, 7) is 0.485. The Labute approximate surface area is 54.2 Å². The average molecular weight is 129 g/mol. The fourth-order valence-electron chi connectivity index (χ4n) is 1.03. The van der Waals surface area contributed by atoms with Gasteiger partial charge in [0.05, 0.1) is 13.0 Å². The molecule has 0 radical (unpaired) electrons. The van der Waals surface area contributed by atoms with Gasteiger partial charge in [0, 0.05) is 0 Å². The van der Waals surface area contributed by atoms with Crippen molar-refractivity contribution in [3.8, 4) is 0 Å². The van der Waals surface area contributed by atoms with Gasteiger partial charge in [-0.2, -0.15) is 0 Å². The van der Waals surface area contributed by atoms with Crippen LogP contribution in [0.2, 0.25) is 0 Å². The molecule has 1 aliphatic heterocycles. The number of quaternary nitrogens is 1. The summed E-state index contributed by atoms with van der Waals surface area (Å²) in [4.78, 5) is 10.7. The maximum atomic E-state index is 10.7. The van der Waals surface area contributed by atoms with Crippen molar-refractivity contribution in [2.24, 2.45) is 0 Å². The third-order valence-corrected chi connectivity index (χ3v) is 1.62. The van der Waals surface area contributed by atoms with Gasteiger partial charge in [0.1, 0.15) is 0 Å². The predicted octanol–water partition coefficient (Wildman–Crippen LogP) is -0.530. The molecule has 0 aromatic rings. The fourth-order valence-corrected chi connectivity index (χ4v) is 1.03. The third kappa shape index (κ3) is 1.77. The van der Waals surface area contributed by atoms with Gasteiger partial charge in [-0.15, -0.1) is 0 Å². The monoisotopic (exact) mass is 129 g/mol. The van der Waals surface area contributed by atoms with E-state index in [1.54, 1.807) is 0 Å². The van der Waals surface area contributed by atoms with Crippen LogP contribution in [0.1, 0.15) is 25.7 Å². The zero-order valence-corrected chi connectivity index (χ0v) is 5.35. The molecule has 1 saturated heterocycles. The lowest BCUT2D eigenvalue weighted by Crippen LogP contribution is -3.09. The Balaban J connectivity index is 2.41. The van der Waals surface area contributed by atoms with E-state index < -0.39 is 0 Å². The van der Waals surface area contributed by atoms with Gasteiger partial charge >= 0.3 is 5.91 Å². The first-order chi connectivity index (χ1) is 4.30. The molecule has 1 heterocycles. The van der Waals surface area contributed by atoms with E-state index in [0.29, 0.717) is 13.0 Å². The Morgan fingerprint density at radius 2 is 2.11 bits per heavy atom. The lowest BCUT2D eigenvalue weighted by Gasteiger charge is -2.15. The largest absolute Gasteiger partial charge is 0.627 e. The molecule has 0 aromatic carbocycles. The quantitative estimate of drug-likeness (QED) is 0.447. The van der Waals surface area contributed by atoms with Crippen molar-refractivity contribution in [1.29, 1.82) is 0 Å². The normalized spacial score (nSPS) is 29.9. The van der Waals surface area contributed by atoms with Crippen molar-refractivity contribution in [2.45, 2.75) is 25.7 Å². The summed E-state index contributed by atoms with van der Waals surface area (Å²) < 4.78 is 0.